The second kappa shape index (κ2) is 7.68. The van der Waals surface area contributed by atoms with Crippen molar-refractivity contribution in [3.63, 3.8) is 0 Å². The number of carbonyl (C=O) groups excluding carboxylic acids is 1. The molecular weight excluding hydrogens is 319 g/mol. The zero-order valence-electron chi connectivity index (χ0n) is 14.8. The maximum Gasteiger partial charge on any atom is 0.317 e. The Labute approximate surface area is 147 Å². The number of benzene rings is 1. The van der Waals surface area contributed by atoms with Crippen molar-refractivity contribution in [2.24, 2.45) is 0 Å². The molecular formula is C19H25FN4O. The first-order valence-corrected chi connectivity index (χ1v) is 8.86. The molecule has 0 saturated carbocycles. The number of aryl methyl sites for hydroxylation is 2. The van der Waals surface area contributed by atoms with Crippen molar-refractivity contribution in [1.82, 2.24) is 20.4 Å². The van der Waals surface area contributed by atoms with Crippen molar-refractivity contribution in [3.05, 3.63) is 52.6 Å². The first kappa shape index (κ1) is 17.5. The molecule has 2 N–H and O–H groups in total. The summed E-state index contributed by atoms with van der Waals surface area (Å²) in [5.41, 5.74) is 4.04. The van der Waals surface area contributed by atoms with Gasteiger partial charge in [-0.1, -0.05) is 12.1 Å². The molecule has 2 amide bonds. The smallest absolute Gasteiger partial charge is 0.317 e. The highest BCUT2D eigenvalue weighted by atomic mass is 19.1. The molecule has 2 heterocycles. The average Bonchev–Trinajstić information content (AvgIpc) is 2.93. The van der Waals surface area contributed by atoms with Gasteiger partial charge in [0.15, 0.2) is 0 Å². The largest absolute Gasteiger partial charge is 0.338 e. The molecule has 1 aromatic carbocycles. The van der Waals surface area contributed by atoms with E-state index in [0.717, 1.165) is 48.2 Å². The highest BCUT2D eigenvalue weighted by Crippen LogP contribution is 2.31. The van der Waals surface area contributed by atoms with Gasteiger partial charge in [0.25, 0.3) is 0 Å². The van der Waals surface area contributed by atoms with Crippen LogP contribution in [0.4, 0.5) is 9.18 Å². The number of hydrogen-bond donors (Lipinski definition) is 2. The Morgan fingerprint density at radius 3 is 2.96 bits per heavy atom. The molecule has 1 aliphatic rings. The van der Waals surface area contributed by atoms with Gasteiger partial charge in [0.05, 0.1) is 11.7 Å². The van der Waals surface area contributed by atoms with Crippen LogP contribution in [0.3, 0.4) is 0 Å². The van der Waals surface area contributed by atoms with Gasteiger partial charge in [0.2, 0.25) is 0 Å². The average molecular weight is 344 g/mol. The highest BCUT2D eigenvalue weighted by molar-refractivity contribution is 5.75. The Balaban J connectivity index is 1.63. The fourth-order valence-electron chi connectivity index (χ4n) is 3.57. The number of urea groups is 1. The van der Waals surface area contributed by atoms with Crippen molar-refractivity contribution in [1.29, 1.82) is 0 Å². The van der Waals surface area contributed by atoms with E-state index in [2.05, 4.69) is 15.5 Å². The van der Waals surface area contributed by atoms with Crippen LogP contribution in [0.5, 0.6) is 0 Å². The van der Waals surface area contributed by atoms with Crippen LogP contribution in [0.2, 0.25) is 0 Å². The summed E-state index contributed by atoms with van der Waals surface area (Å²) in [4.78, 5) is 14.5. The van der Waals surface area contributed by atoms with Crippen molar-refractivity contribution < 1.29 is 9.18 Å². The number of likely N-dealkylation sites (tertiary alicyclic amines) is 1. The molecule has 134 valence electrons. The maximum absolute atomic E-state index is 13.6. The third-order valence-electron chi connectivity index (χ3n) is 4.93. The zero-order valence-corrected chi connectivity index (χ0v) is 14.8. The topological polar surface area (TPSA) is 61.0 Å². The monoisotopic (exact) mass is 344 g/mol. The summed E-state index contributed by atoms with van der Waals surface area (Å²) in [6, 6.07) is 6.45. The number of nitrogens with zero attached hydrogens (tertiary/aromatic N) is 2. The predicted molar refractivity (Wildman–Crippen MR) is 94.9 cm³/mol. The van der Waals surface area contributed by atoms with E-state index in [-0.39, 0.29) is 17.9 Å². The fourth-order valence-corrected chi connectivity index (χ4v) is 3.57. The summed E-state index contributed by atoms with van der Waals surface area (Å²) in [6.45, 7) is 5.22. The molecule has 2 aromatic rings. The number of piperidine rings is 1. The van der Waals surface area contributed by atoms with Crippen LogP contribution in [-0.2, 0) is 6.42 Å². The SMILES string of the molecule is Cc1n[nH]c(C)c1CCNC(=O)N1CCCC[C@@H]1c1cccc(F)c1. The lowest BCUT2D eigenvalue weighted by Gasteiger charge is -2.36. The molecule has 0 spiro atoms. The summed E-state index contributed by atoms with van der Waals surface area (Å²) in [6.07, 6.45) is 3.66. The van der Waals surface area contributed by atoms with Gasteiger partial charge in [-0.05, 0) is 62.8 Å². The number of halogens is 1. The number of nitrogens with one attached hydrogen (secondary N) is 2. The Hall–Kier alpha value is -2.37. The molecule has 0 bridgehead atoms. The number of aromatic nitrogens is 2. The van der Waals surface area contributed by atoms with Crippen LogP contribution in [-0.4, -0.2) is 34.2 Å². The first-order chi connectivity index (χ1) is 12.1. The van der Waals surface area contributed by atoms with Gasteiger partial charge < -0.3 is 10.2 Å². The summed E-state index contributed by atoms with van der Waals surface area (Å²) in [7, 11) is 0. The van der Waals surface area contributed by atoms with Crippen LogP contribution in [0.25, 0.3) is 0 Å². The first-order valence-electron chi connectivity index (χ1n) is 8.86. The second-order valence-corrected chi connectivity index (χ2v) is 6.65. The lowest BCUT2D eigenvalue weighted by molar-refractivity contribution is 0.151. The molecule has 1 fully saturated rings. The van der Waals surface area contributed by atoms with Gasteiger partial charge in [-0.25, -0.2) is 9.18 Å². The van der Waals surface area contributed by atoms with Gasteiger partial charge in [-0.2, -0.15) is 5.10 Å². The molecule has 25 heavy (non-hydrogen) atoms. The fraction of sp³-hybridized carbons (Fsp3) is 0.474. The van der Waals surface area contributed by atoms with E-state index in [9.17, 15) is 9.18 Å². The molecule has 0 aliphatic carbocycles. The molecule has 6 heteroatoms. The third kappa shape index (κ3) is 4.00. The van der Waals surface area contributed by atoms with E-state index < -0.39 is 0 Å². The lowest BCUT2D eigenvalue weighted by Crippen LogP contribution is -2.45. The summed E-state index contributed by atoms with van der Waals surface area (Å²) in [5.74, 6) is -0.255. The van der Waals surface area contributed by atoms with Gasteiger partial charge in [0.1, 0.15) is 5.82 Å². The quantitative estimate of drug-likeness (QED) is 0.889. The predicted octanol–water partition coefficient (Wildman–Crippen LogP) is 3.64. The van der Waals surface area contributed by atoms with Gasteiger partial charge >= 0.3 is 6.03 Å². The minimum Gasteiger partial charge on any atom is -0.338 e. The highest BCUT2D eigenvalue weighted by Gasteiger charge is 2.28. The standard InChI is InChI=1S/C19H25FN4O/c1-13-17(14(2)23-22-13)9-10-21-19(25)24-11-4-3-8-18(24)15-6-5-7-16(20)12-15/h5-7,12,18H,3-4,8-11H2,1-2H3,(H,21,25)(H,22,23)/t18-/m1/s1. The number of aromatic amines is 1. The Morgan fingerprint density at radius 2 is 2.24 bits per heavy atom. The number of rotatable bonds is 4. The van der Waals surface area contributed by atoms with E-state index in [1.165, 1.54) is 12.1 Å². The van der Waals surface area contributed by atoms with Crippen LogP contribution in [0.1, 0.15) is 47.8 Å². The number of amides is 2. The summed E-state index contributed by atoms with van der Waals surface area (Å²) < 4.78 is 13.6. The van der Waals surface area contributed by atoms with Crippen LogP contribution in [0.15, 0.2) is 24.3 Å². The minimum atomic E-state index is -0.255. The van der Waals surface area contributed by atoms with E-state index >= 15 is 0 Å². The van der Waals surface area contributed by atoms with Gasteiger partial charge in [-0.3, -0.25) is 5.10 Å². The lowest BCUT2D eigenvalue weighted by atomic mass is 9.95. The normalized spacial score (nSPS) is 17.6. The van der Waals surface area contributed by atoms with Crippen LogP contribution < -0.4 is 5.32 Å². The molecule has 1 saturated heterocycles. The van der Waals surface area contributed by atoms with Crippen LogP contribution >= 0.6 is 0 Å². The molecule has 1 atom stereocenters. The van der Waals surface area contributed by atoms with E-state index in [1.807, 2.05) is 24.8 Å². The molecule has 0 radical (unpaired) electrons. The molecule has 0 unspecified atom stereocenters. The molecule has 3 rings (SSSR count). The van der Waals surface area contributed by atoms with E-state index in [0.29, 0.717) is 13.1 Å². The molecule has 5 nitrogen and oxygen atoms in total. The molecule has 1 aromatic heterocycles. The van der Waals surface area contributed by atoms with Crippen molar-refractivity contribution in [2.75, 3.05) is 13.1 Å². The minimum absolute atomic E-state index is 0.0538. The van der Waals surface area contributed by atoms with Gasteiger partial charge in [-0.15, -0.1) is 0 Å². The van der Waals surface area contributed by atoms with Crippen LogP contribution in [0, 0.1) is 19.7 Å². The van der Waals surface area contributed by atoms with Crippen molar-refractivity contribution >= 4 is 6.03 Å². The van der Waals surface area contributed by atoms with E-state index in [1.54, 1.807) is 6.07 Å². The summed E-state index contributed by atoms with van der Waals surface area (Å²) in [5, 5.41) is 10.2. The zero-order chi connectivity index (χ0) is 17.8. The van der Waals surface area contributed by atoms with E-state index in [4.69, 9.17) is 0 Å². The van der Waals surface area contributed by atoms with Crippen molar-refractivity contribution in [3.8, 4) is 0 Å². The second-order valence-electron chi connectivity index (χ2n) is 6.65. The third-order valence-corrected chi connectivity index (χ3v) is 4.93. The number of carbonyl (C=O) groups is 1. The van der Waals surface area contributed by atoms with Crippen molar-refractivity contribution in [2.45, 2.75) is 45.6 Å². The molecule has 1 aliphatic heterocycles. The summed E-state index contributed by atoms with van der Waals surface area (Å²) >= 11 is 0. The number of H-pyrrole nitrogens is 1. The Morgan fingerprint density at radius 1 is 1.40 bits per heavy atom. The van der Waals surface area contributed by atoms with Gasteiger partial charge in [0, 0.05) is 18.8 Å². The Bertz CT molecular complexity index is 723. The maximum atomic E-state index is 13.6. The Kier molecular flexibility index (Phi) is 5.36. The number of hydrogen-bond acceptors (Lipinski definition) is 2.